The number of aromatic nitrogens is 2. The molecule has 0 aromatic carbocycles. The predicted molar refractivity (Wildman–Crippen MR) is 86.9 cm³/mol. The largest absolute Gasteiger partial charge is 0.462 e. The number of ether oxygens (including phenoxy) is 2. The van der Waals surface area contributed by atoms with Crippen molar-refractivity contribution in [2.45, 2.75) is 33.4 Å². The second-order valence-electron chi connectivity index (χ2n) is 5.26. The molecule has 0 spiro atoms. The second kappa shape index (κ2) is 8.81. The SMILES string of the molecule is CNC(=O)c1c(N(C)C(C)=O)ncn1CC(COC(C)=O)OC(C)=O. The summed E-state index contributed by atoms with van der Waals surface area (Å²) in [6.07, 6.45) is 0.540. The van der Waals surface area contributed by atoms with Gasteiger partial charge in [-0.3, -0.25) is 24.1 Å². The first-order valence-corrected chi connectivity index (χ1v) is 7.49. The Morgan fingerprint density at radius 1 is 1.24 bits per heavy atom. The average Bonchev–Trinajstić information content (AvgIpc) is 2.93. The minimum Gasteiger partial charge on any atom is -0.462 e. The number of rotatable bonds is 7. The number of esters is 2. The van der Waals surface area contributed by atoms with Crippen LogP contribution in [0.2, 0.25) is 0 Å². The van der Waals surface area contributed by atoms with E-state index in [-0.39, 0.29) is 30.6 Å². The molecular weight excluding hydrogens is 332 g/mol. The fourth-order valence-electron chi connectivity index (χ4n) is 2.04. The van der Waals surface area contributed by atoms with Crippen molar-refractivity contribution in [1.82, 2.24) is 14.9 Å². The smallest absolute Gasteiger partial charge is 0.303 e. The van der Waals surface area contributed by atoms with Gasteiger partial charge in [-0.25, -0.2) is 4.98 Å². The lowest BCUT2D eigenvalue weighted by atomic mass is 10.3. The van der Waals surface area contributed by atoms with Crippen molar-refractivity contribution in [1.29, 1.82) is 0 Å². The fraction of sp³-hybridized carbons (Fsp3) is 0.533. The van der Waals surface area contributed by atoms with E-state index in [4.69, 9.17) is 9.47 Å². The van der Waals surface area contributed by atoms with Crippen LogP contribution in [0.15, 0.2) is 6.33 Å². The highest BCUT2D eigenvalue weighted by Crippen LogP contribution is 2.19. The molecule has 1 rings (SSSR count). The maximum absolute atomic E-state index is 12.2. The van der Waals surface area contributed by atoms with E-state index < -0.39 is 23.9 Å². The van der Waals surface area contributed by atoms with Gasteiger partial charge in [0, 0.05) is 34.9 Å². The molecule has 2 amide bonds. The number of nitrogens with one attached hydrogen (secondary N) is 1. The topological polar surface area (TPSA) is 120 Å². The van der Waals surface area contributed by atoms with Gasteiger partial charge < -0.3 is 19.4 Å². The Morgan fingerprint density at radius 3 is 2.36 bits per heavy atom. The number of hydrogen-bond acceptors (Lipinski definition) is 7. The zero-order chi connectivity index (χ0) is 19.1. The molecule has 138 valence electrons. The highest BCUT2D eigenvalue weighted by atomic mass is 16.6. The summed E-state index contributed by atoms with van der Waals surface area (Å²) in [6.45, 7) is 3.66. The molecule has 1 aromatic rings. The van der Waals surface area contributed by atoms with Gasteiger partial charge in [0.15, 0.2) is 17.6 Å². The maximum Gasteiger partial charge on any atom is 0.303 e. The molecule has 0 aliphatic rings. The maximum atomic E-state index is 12.2. The van der Waals surface area contributed by atoms with Crippen LogP contribution < -0.4 is 10.2 Å². The van der Waals surface area contributed by atoms with Gasteiger partial charge in [-0.2, -0.15) is 0 Å². The molecule has 10 heteroatoms. The Balaban J connectivity index is 3.15. The molecule has 1 aromatic heterocycles. The van der Waals surface area contributed by atoms with Crippen LogP contribution in [0.4, 0.5) is 5.82 Å². The Bertz CT molecular complexity index is 669. The number of hydrogen-bond donors (Lipinski definition) is 1. The predicted octanol–water partition coefficient (Wildman–Crippen LogP) is -0.280. The van der Waals surface area contributed by atoms with Crippen molar-refractivity contribution in [3.63, 3.8) is 0 Å². The highest BCUT2D eigenvalue weighted by Gasteiger charge is 2.25. The lowest BCUT2D eigenvalue weighted by Gasteiger charge is -2.19. The van der Waals surface area contributed by atoms with E-state index in [0.29, 0.717) is 0 Å². The molecule has 10 nitrogen and oxygen atoms in total. The first-order valence-electron chi connectivity index (χ1n) is 7.49. The summed E-state index contributed by atoms with van der Waals surface area (Å²) in [5, 5.41) is 2.48. The first kappa shape index (κ1) is 20.1. The molecule has 1 heterocycles. The van der Waals surface area contributed by atoms with Gasteiger partial charge in [0.1, 0.15) is 6.61 Å². The zero-order valence-electron chi connectivity index (χ0n) is 14.9. The summed E-state index contributed by atoms with van der Waals surface area (Å²) in [5.41, 5.74) is 0.125. The standard InChI is InChI=1S/C15H22N4O6/c1-9(20)18(5)14-13(15(23)16-4)19(8-17-14)6-12(25-11(3)22)7-24-10(2)21/h8,12H,6-7H2,1-5H3,(H,16,23). The highest BCUT2D eigenvalue weighted by molar-refractivity contribution is 6.01. The monoisotopic (exact) mass is 354 g/mol. The first-order chi connectivity index (χ1) is 11.7. The summed E-state index contributed by atoms with van der Waals surface area (Å²) >= 11 is 0. The summed E-state index contributed by atoms with van der Waals surface area (Å²) in [5.74, 6) is -1.67. The minimum atomic E-state index is -0.811. The molecule has 0 fully saturated rings. The van der Waals surface area contributed by atoms with Crippen molar-refractivity contribution < 1.29 is 28.7 Å². The molecule has 0 bridgehead atoms. The number of imidazole rings is 1. The van der Waals surface area contributed by atoms with Crippen molar-refractivity contribution >= 4 is 29.6 Å². The van der Waals surface area contributed by atoms with Crippen molar-refractivity contribution in [2.24, 2.45) is 0 Å². The molecule has 0 saturated carbocycles. The van der Waals surface area contributed by atoms with Crippen molar-refractivity contribution in [3.05, 3.63) is 12.0 Å². The van der Waals surface area contributed by atoms with Crippen molar-refractivity contribution in [2.75, 3.05) is 25.6 Å². The quantitative estimate of drug-likeness (QED) is 0.669. The van der Waals surface area contributed by atoms with Crippen LogP contribution in [0.5, 0.6) is 0 Å². The minimum absolute atomic E-state index is 0.0222. The average molecular weight is 354 g/mol. The zero-order valence-corrected chi connectivity index (χ0v) is 14.9. The van der Waals surface area contributed by atoms with Gasteiger partial charge in [0.05, 0.1) is 12.9 Å². The van der Waals surface area contributed by atoms with E-state index in [9.17, 15) is 19.2 Å². The van der Waals surface area contributed by atoms with Crippen LogP contribution in [0.1, 0.15) is 31.3 Å². The van der Waals surface area contributed by atoms with Crippen LogP contribution >= 0.6 is 0 Å². The van der Waals surface area contributed by atoms with Gasteiger partial charge in [0.25, 0.3) is 5.91 Å². The molecule has 25 heavy (non-hydrogen) atoms. The van der Waals surface area contributed by atoms with Crippen LogP contribution in [-0.4, -0.2) is 60.1 Å². The van der Waals surface area contributed by atoms with Gasteiger partial charge >= 0.3 is 11.9 Å². The van der Waals surface area contributed by atoms with Gasteiger partial charge in [-0.05, 0) is 0 Å². The summed E-state index contributed by atoms with van der Waals surface area (Å²) in [4.78, 5) is 51.3. The molecule has 0 aliphatic carbocycles. The van der Waals surface area contributed by atoms with E-state index in [1.54, 1.807) is 0 Å². The van der Waals surface area contributed by atoms with E-state index in [0.717, 1.165) is 0 Å². The van der Waals surface area contributed by atoms with E-state index >= 15 is 0 Å². The van der Waals surface area contributed by atoms with Crippen LogP contribution in [0.3, 0.4) is 0 Å². The van der Waals surface area contributed by atoms with Gasteiger partial charge in [-0.15, -0.1) is 0 Å². The van der Waals surface area contributed by atoms with Crippen LogP contribution in [0.25, 0.3) is 0 Å². The van der Waals surface area contributed by atoms with E-state index in [2.05, 4.69) is 10.3 Å². The van der Waals surface area contributed by atoms with Gasteiger partial charge in [-0.1, -0.05) is 0 Å². The molecule has 1 atom stereocenters. The molecule has 0 radical (unpaired) electrons. The Morgan fingerprint density at radius 2 is 1.88 bits per heavy atom. The number of carbonyl (C=O) groups is 4. The molecular formula is C15H22N4O6. The molecule has 1 unspecified atom stereocenters. The Labute approximate surface area is 145 Å². The van der Waals surface area contributed by atoms with Crippen LogP contribution in [-0.2, 0) is 30.4 Å². The lowest BCUT2D eigenvalue weighted by molar-refractivity contribution is -0.157. The number of amides is 2. The van der Waals surface area contributed by atoms with E-state index in [1.807, 2.05) is 0 Å². The Kier molecular flexibility index (Phi) is 7.09. The fourth-order valence-corrected chi connectivity index (χ4v) is 2.04. The summed E-state index contributed by atoms with van der Waals surface area (Å²) < 4.78 is 11.4. The lowest BCUT2D eigenvalue weighted by Crippen LogP contribution is -2.32. The second-order valence-corrected chi connectivity index (χ2v) is 5.26. The molecule has 0 saturated heterocycles. The Hall–Kier alpha value is -2.91. The third-order valence-electron chi connectivity index (χ3n) is 3.26. The van der Waals surface area contributed by atoms with Crippen molar-refractivity contribution in [3.8, 4) is 0 Å². The third-order valence-corrected chi connectivity index (χ3v) is 3.26. The summed E-state index contributed by atoms with van der Waals surface area (Å²) in [7, 11) is 2.93. The summed E-state index contributed by atoms with van der Waals surface area (Å²) in [6, 6.07) is 0. The molecule has 0 aliphatic heterocycles. The number of carbonyl (C=O) groups excluding carboxylic acids is 4. The third kappa shape index (κ3) is 5.59. The number of nitrogens with zero attached hydrogens (tertiary/aromatic N) is 3. The van der Waals surface area contributed by atoms with Gasteiger partial charge in [0.2, 0.25) is 5.91 Å². The number of anilines is 1. The molecule has 1 N–H and O–H groups in total. The van der Waals surface area contributed by atoms with E-state index in [1.165, 1.54) is 50.7 Å². The van der Waals surface area contributed by atoms with Crippen LogP contribution in [0, 0.1) is 0 Å². The normalized spacial score (nSPS) is 11.4.